The Morgan fingerprint density at radius 2 is 1.95 bits per heavy atom. The van der Waals surface area contributed by atoms with Crippen LogP contribution in [-0.2, 0) is 6.42 Å². The van der Waals surface area contributed by atoms with E-state index in [0.717, 1.165) is 17.9 Å². The van der Waals surface area contributed by atoms with Gasteiger partial charge in [0, 0.05) is 24.2 Å². The van der Waals surface area contributed by atoms with Crippen molar-refractivity contribution in [3.63, 3.8) is 0 Å². The summed E-state index contributed by atoms with van der Waals surface area (Å²) in [4.78, 5) is 8.32. The number of nitrogens with one attached hydrogen (secondary N) is 1. The zero-order valence-corrected chi connectivity index (χ0v) is 12.7. The molecule has 0 saturated heterocycles. The SMILES string of the molecule is CCOc1ccc(C(Cc2cc(OC)ncn2)NC)cc1. The smallest absolute Gasteiger partial charge is 0.216 e. The number of hydrogen-bond acceptors (Lipinski definition) is 5. The fraction of sp³-hybridized carbons (Fsp3) is 0.375. The van der Waals surface area contributed by atoms with Gasteiger partial charge in [0.05, 0.1) is 13.7 Å². The summed E-state index contributed by atoms with van der Waals surface area (Å²) in [5.74, 6) is 1.47. The summed E-state index contributed by atoms with van der Waals surface area (Å²) in [6.07, 6.45) is 2.29. The van der Waals surface area contributed by atoms with Gasteiger partial charge in [-0.15, -0.1) is 0 Å². The Hall–Kier alpha value is -2.14. The van der Waals surface area contributed by atoms with Crippen molar-refractivity contribution in [3.8, 4) is 11.6 Å². The highest BCUT2D eigenvalue weighted by Crippen LogP contribution is 2.21. The standard InChI is InChI=1S/C16H21N3O2/c1-4-21-14-7-5-12(6-8-14)15(17-2)9-13-10-16(20-3)19-11-18-13/h5-8,10-11,15,17H,4,9H2,1-3H3. The maximum Gasteiger partial charge on any atom is 0.216 e. The van der Waals surface area contributed by atoms with Crippen molar-refractivity contribution >= 4 is 0 Å². The van der Waals surface area contributed by atoms with Crippen molar-refractivity contribution in [1.29, 1.82) is 0 Å². The molecule has 2 rings (SSSR count). The van der Waals surface area contributed by atoms with E-state index >= 15 is 0 Å². The van der Waals surface area contributed by atoms with Gasteiger partial charge in [0.25, 0.3) is 0 Å². The number of aromatic nitrogens is 2. The number of ether oxygens (including phenoxy) is 2. The third-order valence-electron chi connectivity index (χ3n) is 3.26. The molecule has 1 N–H and O–H groups in total. The molecule has 0 radical (unpaired) electrons. The van der Waals surface area contributed by atoms with Gasteiger partial charge in [-0.3, -0.25) is 0 Å². The number of hydrogen-bond donors (Lipinski definition) is 1. The molecule has 0 bridgehead atoms. The lowest BCUT2D eigenvalue weighted by atomic mass is 10.0. The largest absolute Gasteiger partial charge is 0.494 e. The molecule has 112 valence electrons. The lowest BCUT2D eigenvalue weighted by molar-refractivity contribution is 0.340. The first kappa shape index (κ1) is 15.3. The second-order valence-electron chi connectivity index (χ2n) is 4.60. The summed E-state index contributed by atoms with van der Waals surface area (Å²) in [7, 11) is 3.55. The van der Waals surface area contributed by atoms with Gasteiger partial charge in [0.2, 0.25) is 5.88 Å². The van der Waals surface area contributed by atoms with Gasteiger partial charge < -0.3 is 14.8 Å². The van der Waals surface area contributed by atoms with Crippen LogP contribution in [0, 0.1) is 0 Å². The topological polar surface area (TPSA) is 56.3 Å². The van der Waals surface area contributed by atoms with Crippen molar-refractivity contribution in [2.45, 2.75) is 19.4 Å². The number of rotatable bonds is 7. The molecular formula is C16H21N3O2. The molecule has 1 aromatic carbocycles. The van der Waals surface area contributed by atoms with Gasteiger partial charge in [0.15, 0.2) is 0 Å². The quantitative estimate of drug-likeness (QED) is 0.847. The van der Waals surface area contributed by atoms with Crippen LogP contribution in [0.5, 0.6) is 11.6 Å². The van der Waals surface area contributed by atoms with E-state index in [0.29, 0.717) is 12.5 Å². The van der Waals surface area contributed by atoms with Crippen LogP contribution in [0.25, 0.3) is 0 Å². The van der Waals surface area contributed by atoms with Crippen molar-refractivity contribution in [2.75, 3.05) is 20.8 Å². The minimum atomic E-state index is 0.181. The summed E-state index contributed by atoms with van der Waals surface area (Å²) < 4.78 is 10.6. The molecule has 1 heterocycles. The maximum atomic E-state index is 5.47. The molecule has 0 fully saturated rings. The van der Waals surface area contributed by atoms with E-state index in [1.807, 2.05) is 32.2 Å². The summed E-state index contributed by atoms with van der Waals surface area (Å²) in [5, 5.41) is 3.31. The number of likely N-dealkylation sites (N-methyl/N-ethyl adjacent to an activating group) is 1. The number of nitrogens with zero attached hydrogens (tertiary/aromatic N) is 2. The Morgan fingerprint density at radius 3 is 2.57 bits per heavy atom. The molecule has 0 aliphatic carbocycles. The number of benzene rings is 1. The fourth-order valence-corrected chi connectivity index (χ4v) is 2.16. The summed E-state index contributed by atoms with van der Waals surface area (Å²) in [5.41, 5.74) is 2.13. The molecule has 0 aliphatic rings. The van der Waals surface area contributed by atoms with Crippen LogP contribution in [0.2, 0.25) is 0 Å². The van der Waals surface area contributed by atoms with Crippen molar-refractivity contribution in [3.05, 3.63) is 47.9 Å². The molecule has 5 nitrogen and oxygen atoms in total. The molecule has 1 atom stereocenters. The highest BCUT2D eigenvalue weighted by Gasteiger charge is 2.12. The first-order valence-electron chi connectivity index (χ1n) is 7.01. The van der Waals surface area contributed by atoms with E-state index in [2.05, 4.69) is 27.4 Å². The Balaban J connectivity index is 2.11. The van der Waals surface area contributed by atoms with E-state index in [9.17, 15) is 0 Å². The minimum absolute atomic E-state index is 0.181. The van der Waals surface area contributed by atoms with Gasteiger partial charge in [0.1, 0.15) is 12.1 Å². The minimum Gasteiger partial charge on any atom is -0.494 e. The molecule has 2 aromatic rings. The van der Waals surface area contributed by atoms with E-state index in [-0.39, 0.29) is 6.04 Å². The van der Waals surface area contributed by atoms with E-state index in [1.54, 1.807) is 7.11 Å². The zero-order valence-electron chi connectivity index (χ0n) is 12.7. The van der Waals surface area contributed by atoms with Gasteiger partial charge >= 0.3 is 0 Å². The Bertz CT molecular complexity index is 558. The van der Waals surface area contributed by atoms with Crippen LogP contribution in [0.1, 0.15) is 24.2 Å². The summed E-state index contributed by atoms with van der Waals surface area (Å²) in [6.45, 7) is 2.66. The molecule has 5 heteroatoms. The first-order valence-corrected chi connectivity index (χ1v) is 7.01. The molecule has 0 saturated carbocycles. The van der Waals surface area contributed by atoms with E-state index in [1.165, 1.54) is 11.9 Å². The predicted molar refractivity (Wildman–Crippen MR) is 81.7 cm³/mol. The summed E-state index contributed by atoms with van der Waals surface area (Å²) >= 11 is 0. The first-order chi connectivity index (χ1) is 10.3. The molecule has 1 unspecified atom stereocenters. The maximum absolute atomic E-state index is 5.47. The Morgan fingerprint density at radius 1 is 1.19 bits per heavy atom. The molecule has 0 amide bonds. The zero-order chi connectivity index (χ0) is 15.1. The van der Waals surface area contributed by atoms with Crippen molar-refractivity contribution in [2.24, 2.45) is 0 Å². The third kappa shape index (κ3) is 4.16. The van der Waals surface area contributed by atoms with Crippen LogP contribution >= 0.6 is 0 Å². The van der Waals surface area contributed by atoms with Crippen LogP contribution < -0.4 is 14.8 Å². The Kier molecular flexibility index (Phi) is 5.51. The molecule has 0 aliphatic heterocycles. The lowest BCUT2D eigenvalue weighted by Gasteiger charge is -2.17. The average molecular weight is 287 g/mol. The summed E-state index contributed by atoms with van der Waals surface area (Å²) in [6, 6.07) is 10.2. The third-order valence-corrected chi connectivity index (χ3v) is 3.26. The molecule has 0 spiro atoms. The monoisotopic (exact) mass is 287 g/mol. The van der Waals surface area contributed by atoms with Crippen molar-refractivity contribution < 1.29 is 9.47 Å². The fourth-order valence-electron chi connectivity index (χ4n) is 2.16. The normalized spacial score (nSPS) is 12.0. The lowest BCUT2D eigenvalue weighted by Crippen LogP contribution is -2.19. The number of methoxy groups -OCH3 is 1. The van der Waals surface area contributed by atoms with Gasteiger partial charge in [-0.05, 0) is 31.7 Å². The highest BCUT2D eigenvalue weighted by molar-refractivity contribution is 5.30. The second kappa shape index (κ2) is 7.59. The van der Waals surface area contributed by atoms with Crippen LogP contribution in [-0.4, -0.2) is 30.7 Å². The molecule has 1 aromatic heterocycles. The second-order valence-corrected chi connectivity index (χ2v) is 4.60. The van der Waals surface area contributed by atoms with Gasteiger partial charge in [-0.2, -0.15) is 0 Å². The van der Waals surface area contributed by atoms with Gasteiger partial charge in [-0.25, -0.2) is 9.97 Å². The van der Waals surface area contributed by atoms with Crippen LogP contribution in [0.15, 0.2) is 36.7 Å². The van der Waals surface area contributed by atoms with Crippen LogP contribution in [0.4, 0.5) is 0 Å². The van der Waals surface area contributed by atoms with E-state index in [4.69, 9.17) is 9.47 Å². The Labute approximate surface area is 125 Å². The predicted octanol–water partition coefficient (Wildman–Crippen LogP) is 2.39. The molecule has 21 heavy (non-hydrogen) atoms. The van der Waals surface area contributed by atoms with Crippen LogP contribution in [0.3, 0.4) is 0 Å². The highest BCUT2D eigenvalue weighted by atomic mass is 16.5. The average Bonchev–Trinajstić information content (AvgIpc) is 2.54. The molecular weight excluding hydrogens is 266 g/mol. The van der Waals surface area contributed by atoms with Gasteiger partial charge in [-0.1, -0.05) is 12.1 Å². The van der Waals surface area contributed by atoms with E-state index < -0.39 is 0 Å². The van der Waals surface area contributed by atoms with Crippen molar-refractivity contribution in [1.82, 2.24) is 15.3 Å².